The van der Waals surface area contributed by atoms with Gasteiger partial charge in [0, 0.05) is 16.2 Å². The van der Waals surface area contributed by atoms with Crippen molar-refractivity contribution in [3.8, 4) is 11.1 Å². The van der Waals surface area contributed by atoms with E-state index in [2.05, 4.69) is 33.8 Å². The zero-order valence-electron chi connectivity index (χ0n) is 18.5. The number of aliphatic hydroxyl groups is 1. The maximum atomic E-state index is 13.7. The summed E-state index contributed by atoms with van der Waals surface area (Å²) in [5.74, 6) is 1.00. The minimum absolute atomic E-state index is 0.0652. The number of aliphatic hydroxyl groups excluding tert-OH is 1. The molecule has 0 spiro atoms. The molecule has 0 unspecified atom stereocenters. The van der Waals surface area contributed by atoms with E-state index in [0.29, 0.717) is 17.2 Å². The molecule has 0 atom stereocenters. The van der Waals surface area contributed by atoms with Crippen LogP contribution in [0, 0.1) is 5.82 Å². The van der Waals surface area contributed by atoms with Gasteiger partial charge in [0.25, 0.3) is 0 Å². The number of benzene rings is 3. The lowest BCUT2D eigenvalue weighted by molar-refractivity contribution is 0.112. The summed E-state index contributed by atoms with van der Waals surface area (Å²) in [6, 6.07) is 16.3. The Balaban J connectivity index is 2.17. The van der Waals surface area contributed by atoms with E-state index in [-0.39, 0.29) is 18.3 Å². The van der Waals surface area contributed by atoms with Crippen molar-refractivity contribution in [2.75, 3.05) is 0 Å². The van der Waals surface area contributed by atoms with Gasteiger partial charge in [0.2, 0.25) is 0 Å². The molecule has 31 heavy (non-hydrogen) atoms. The molecule has 162 valence electrons. The Hall–Kier alpha value is -2.43. The highest BCUT2D eigenvalue weighted by Gasteiger charge is 2.22. The maximum absolute atomic E-state index is 13.7. The van der Waals surface area contributed by atoms with Crippen molar-refractivity contribution < 1.29 is 14.3 Å². The average molecular weight is 437 g/mol. The smallest absolute Gasteiger partial charge is 0.150 e. The highest BCUT2D eigenvalue weighted by Crippen LogP contribution is 2.41. The van der Waals surface area contributed by atoms with Crippen molar-refractivity contribution in [2.45, 2.75) is 56.8 Å². The van der Waals surface area contributed by atoms with Gasteiger partial charge >= 0.3 is 0 Å². The van der Waals surface area contributed by atoms with Crippen LogP contribution in [0.2, 0.25) is 0 Å². The SMILES string of the molecule is CC(C)c1cc(C(C)C)c(CSc2ccc(C=O)cc2)c(-c2ccc(F)cc2)c1CO. The second-order valence-electron chi connectivity index (χ2n) is 8.34. The summed E-state index contributed by atoms with van der Waals surface area (Å²) in [5, 5.41) is 10.3. The molecule has 0 aliphatic carbocycles. The third-order valence-corrected chi connectivity index (χ3v) is 6.58. The largest absolute Gasteiger partial charge is 0.392 e. The molecule has 0 aliphatic heterocycles. The van der Waals surface area contributed by atoms with Crippen LogP contribution in [0.25, 0.3) is 11.1 Å². The lowest BCUT2D eigenvalue weighted by Gasteiger charge is -2.25. The molecule has 0 aliphatic rings. The van der Waals surface area contributed by atoms with Crippen LogP contribution in [0.15, 0.2) is 59.5 Å². The molecule has 0 fully saturated rings. The van der Waals surface area contributed by atoms with Gasteiger partial charge in [-0.3, -0.25) is 4.79 Å². The molecule has 0 bridgehead atoms. The van der Waals surface area contributed by atoms with Crippen LogP contribution in [0.4, 0.5) is 4.39 Å². The number of halogens is 1. The Morgan fingerprint density at radius 1 is 0.903 bits per heavy atom. The minimum Gasteiger partial charge on any atom is -0.392 e. The van der Waals surface area contributed by atoms with Gasteiger partial charge < -0.3 is 5.11 Å². The molecule has 3 aromatic carbocycles. The number of carbonyl (C=O) groups excluding carboxylic acids is 1. The second kappa shape index (κ2) is 10.3. The molecule has 4 heteroatoms. The van der Waals surface area contributed by atoms with Crippen LogP contribution in [0.3, 0.4) is 0 Å². The van der Waals surface area contributed by atoms with Gasteiger partial charge in [0.05, 0.1) is 6.61 Å². The van der Waals surface area contributed by atoms with Crippen molar-refractivity contribution in [1.29, 1.82) is 0 Å². The van der Waals surface area contributed by atoms with E-state index >= 15 is 0 Å². The van der Waals surface area contributed by atoms with Crippen molar-refractivity contribution in [2.24, 2.45) is 0 Å². The zero-order chi connectivity index (χ0) is 22.5. The fourth-order valence-corrected chi connectivity index (χ4v) is 4.88. The van der Waals surface area contributed by atoms with Gasteiger partial charge in [0.1, 0.15) is 12.1 Å². The number of hydrogen-bond donors (Lipinski definition) is 1. The van der Waals surface area contributed by atoms with Crippen LogP contribution < -0.4 is 0 Å². The Morgan fingerprint density at radius 2 is 1.48 bits per heavy atom. The predicted octanol–water partition coefficient (Wildman–Crippen LogP) is 7.34. The standard InChI is InChI=1S/C27H29FO2S/c1-17(2)23-13-24(18(3)4)26(16-31-22-11-5-19(14-29)6-12-22)27(25(23)15-30)20-7-9-21(28)10-8-20/h5-14,17-18,30H,15-16H2,1-4H3. The first-order valence-electron chi connectivity index (χ1n) is 10.6. The molecule has 3 aromatic rings. The molecule has 0 heterocycles. The van der Waals surface area contributed by atoms with E-state index in [1.165, 1.54) is 23.3 Å². The van der Waals surface area contributed by atoms with Gasteiger partial charge in [-0.25, -0.2) is 4.39 Å². The molecular formula is C27H29FO2S. The lowest BCUT2D eigenvalue weighted by Crippen LogP contribution is -2.08. The molecule has 0 radical (unpaired) electrons. The number of hydrogen-bond acceptors (Lipinski definition) is 3. The van der Waals surface area contributed by atoms with Crippen molar-refractivity contribution in [1.82, 2.24) is 0 Å². The first-order chi connectivity index (χ1) is 14.8. The quantitative estimate of drug-likeness (QED) is 0.296. The summed E-state index contributed by atoms with van der Waals surface area (Å²) >= 11 is 1.70. The van der Waals surface area contributed by atoms with Crippen molar-refractivity contribution in [3.05, 3.63) is 88.2 Å². The van der Waals surface area contributed by atoms with E-state index in [1.54, 1.807) is 23.9 Å². The summed E-state index contributed by atoms with van der Waals surface area (Å²) in [6.45, 7) is 8.56. The predicted molar refractivity (Wildman–Crippen MR) is 127 cm³/mol. The summed E-state index contributed by atoms with van der Waals surface area (Å²) in [4.78, 5) is 12.0. The average Bonchev–Trinajstić information content (AvgIpc) is 2.77. The topological polar surface area (TPSA) is 37.3 Å². The first-order valence-corrected chi connectivity index (χ1v) is 11.6. The number of rotatable bonds is 8. The number of carbonyl (C=O) groups is 1. The van der Waals surface area contributed by atoms with E-state index in [9.17, 15) is 14.3 Å². The fourth-order valence-electron chi connectivity index (χ4n) is 3.93. The summed E-state index contributed by atoms with van der Waals surface area (Å²) < 4.78 is 13.7. The van der Waals surface area contributed by atoms with E-state index < -0.39 is 0 Å². The van der Waals surface area contributed by atoms with Crippen molar-refractivity contribution in [3.63, 3.8) is 0 Å². The van der Waals surface area contributed by atoms with Gasteiger partial charge in [-0.05, 0) is 69.5 Å². The fraction of sp³-hybridized carbons (Fsp3) is 0.296. The molecule has 0 saturated heterocycles. The molecule has 2 nitrogen and oxygen atoms in total. The third kappa shape index (κ3) is 5.25. The summed E-state index contributed by atoms with van der Waals surface area (Å²) in [7, 11) is 0. The molecule has 0 amide bonds. The number of aldehydes is 1. The Labute approximate surface area is 188 Å². The van der Waals surface area contributed by atoms with Gasteiger partial charge in [-0.15, -0.1) is 11.8 Å². The Bertz CT molecular complexity index is 1040. The Morgan fingerprint density at radius 3 is 2.00 bits per heavy atom. The molecule has 0 saturated carbocycles. The van der Waals surface area contributed by atoms with Crippen LogP contribution >= 0.6 is 11.8 Å². The van der Waals surface area contributed by atoms with E-state index in [0.717, 1.165) is 33.4 Å². The first kappa shape index (κ1) is 23.2. The highest BCUT2D eigenvalue weighted by molar-refractivity contribution is 7.98. The molecule has 3 rings (SSSR count). The van der Waals surface area contributed by atoms with Crippen LogP contribution in [0.1, 0.15) is 72.1 Å². The van der Waals surface area contributed by atoms with Crippen LogP contribution in [-0.2, 0) is 12.4 Å². The van der Waals surface area contributed by atoms with Crippen molar-refractivity contribution >= 4 is 18.0 Å². The Kier molecular flexibility index (Phi) is 7.69. The normalized spacial score (nSPS) is 11.4. The molecule has 1 N–H and O–H groups in total. The third-order valence-electron chi connectivity index (χ3n) is 5.55. The van der Waals surface area contributed by atoms with Gasteiger partial charge in [-0.1, -0.05) is 58.0 Å². The van der Waals surface area contributed by atoms with Crippen LogP contribution in [-0.4, -0.2) is 11.4 Å². The van der Waals surface area contributed by atoms with Gasteiger partial charge in [-0.2, -0.15) is 0 Å². The minimum atomic E-state index is -0.274. The summed E-state index contributed by atoms with van der Waals surface area (Å²) in [6.07, 6.45) is 0.843. The maximum Gasteiger partial charge on any atom is 0.150 e. The van der Waals surface area contributed by atoms with Crippen LogP contribution in [0.5, 0.6) is 0 Å². The molecule has 0 aromatic heterocycles. The number of thioether (sulfide) groups is 1. The van der Waals surface area contributed by atoms with Gasteiger partial charge in [0.15, 0.2) is 0 Å². The van der Waals surface area contributed by atoms with E-state index in [1.807, 2.05) is 24.3 Å². The monoisotopic (exact) mass is 436 g/mol. The highest BCUT2D eigenvalue weighted by atomic mass is 32.2. The zero-order valence-corrected chi connectivity index (χ0v) is 19.3. The van der Waals surface area contributed by atoms with E-state index in [4.69, 9.17) is 0 Å². The molecular weight excluding hydrogens is 407 g/mol. The lowest BCUT2D eigenvalue weighted by atomic mass is 9.82. The summed E-state index contributed by atoms with van der Waals surface area (Å²) in [5.41, 5.74) is 7.04. The second-order valence-corrected chi connectivity index (χ2v) is 9.39.